The number of ether oxygens (including phenoxy) is 1. The molecule has 16 heavy (non-hydrogen) atoms. The fraction of sp³-hybridized carbons (Fsp3) is 0. The fourth-order valence-corrected chi connectivity index (χ4v) is 1.49. The molecule has 0 aliphatic rings. The molecule has 4 heteroatoms. The predicted octanol–water partition coefficient (Wildman–Crippen LogP) is 2.93. The summed E-state index contributed by atoms with van der Waals surface area (Å²) in [7, 11) is 0. The first-order chi connectivity index (χ1) is 7.66. The van der Waals surface area contributed by atoms with E-state index >= 15 is 0 Å². The van der Waals surface area contributed by atoms with E-state index in [2.05, 4.69) is 12.6 Å². The van der Waals surface area contributed by atoms with Crippen LogP contribution in [0.4, 0.5) is 11.4 Å². The normalized spacial score (nSPS) is 10.1. The lowest BCUT2D eigenvalue weighted by Crippen LogP contribution is -1.92. The van der Waals surface area contributed by atoms with Gasteiger partial charge in [0.15, 0.2) is 0 Å². The Labute approximate surface area is 99.4 Å². The molecule has 0 radical (unpaired) electrons. The first kappa shape index (κ1) is 10.7. The molecule has 0 spiro atoms. The Morgan fingerprint density at radius 3 is 2.38 bits per heavy atom. The Morgan fingerprint density at radius 2 is 1.69 bits per heavy atom. The molecule has 0 amide bonds. The van der Waals surface area contributed by atoms with Crippen LogP contribution in [-0.2, 0) is 0 Å². The van der Waals surface area contributed by atoms with Crippen LogP contribution in [0.5, 0.6) is 11.5 Å². The van der Waals surface area contributed by atoms with E-state index in [0.29, 0.717) is 27.8 Å². The van der Waals surface area contributed by atoms with Gasteiger partial charge in [0.1, 0.15) is 11.5 Å². The van der Waals surface area contributed by atoms with Gasteiger partial charge in [-0.1, -0.05) is 12.1 Å². The molecule has 0 aliphatic carbocycles. The van der Waals surface area contributed by atoms with Crippen LogP contribution in [-0.4, -0.2) is 0 Å². The maximum atomic E-state index is 5.77. The van der Waals surface area contributed by atoms with E-state index in [0.717, 1.165) is 0 Å². The maximum absolute atomic E-state index is 5.77. The molecule has 0 fully saturated rings. The van der Waals surface area contributed by atoms with Gasteiger partial charge >= 0.3 is 0 Å². The summed E-state index contributed by atoms with van der Waals surface area (Å²) in [5, 5.41) is 0. The van der Waals surface area contributed by atoms with Gasteiger partial charge in [0, 0.05) is 10.6 Å². The molecule has 0 atom stereocenters. The molecular formula is C12H12N2OS. The van der Waals surface area contributed by atoms with Crippen molar-refractivity contribution in [1.29, 1.82) is 0 Å². The van der Waals surface area contributed by atoms with Crippen molar-refractivity contribution in [1.82, 2.24) is 0 Å². The van der Waals surface area contributed by atoms with Crippen molar-refractivity contribution in [3.63, 3.8) is 0 Å². The number of anilines is 2. The number of hydrogen-bond acceptors (Lipinski definition) is 4. The summed E-state index contributed by atoms with van der Waals surface area (Å²) in [4.78, 5) is 0.687. The molecule has 0 heterocycles. The van der Waals surface area contributed by atoms with Gasteiger partial charge in [0.25, 0.3) is 0 Å². The summed E-state index contributed by atoms with van der Waals surface area (Å²) in [6.45, 7) is 0. The van der Waals surface area contributed by atoms with Gasteiger partial charge in [-0.3, -0.25) is 0 Å². The minimum atomic E-state index is 0.597. The van der Waals surface area contributed by atoms with Crippen LogP contribution in [0.15, 0.2) is 47.4 Å². The van der Waals surface area contributed by atoms with Crippen molar-refractivity contribution in [2.45, 2.75) is 4.90 Å². The topological polar surface area (TPSA) is 61.3 Å². The molecule has 0 unspecified atom stereocenters. The lowest BCUT2D eigenvalue weighted by Gasteiger charge is -2.09. The molecule has 2 aromatic carbocycles. The summed E-state index contributed by atoms with van der Waals surface area (Å²) in [6, 6.07) is 12.6. The van der Waals surface area contributed by atoms with Crippen molar-refractivity contribution in [2.75, 3.05) is 11.5 Å². The third kappa shape index (κ3) is 2.23. The smallest absolute Gasteiger partial charge is 0.150 e. The third-order valence-corrected chi connectivity index (χ3v) is 2.54. The van der Waals surface area contributed by atoms with Crippen molar-refractivity contribution in [3.05, 3.63) is 42.5 Å². The highest BCUT2D eigenvalue weighted by Gasteiger charge is 2.02. The fourth-order valence-electron chi connectivity index (χ4n) is 1.29. The van der Waals surface area contributed by atoms with Gasteiger partial charge in [-0.05, 0) is 30.3 Å². The van der Waals surface area contributed by atoms with Crippen LogP contribution < -0.4 is 16.2 Å². The average Bonchev–Trinajstić information content (AvgIpc) is 2.27. The maximum Gasteiger partial charge on any atom is 0.150 e. The first-order valence-electron chi connectivity index (χ1n) is 4.77. The summed E-state index contributed by atoms with van der Waals surface area (Å²) in [5.41, 5.74) is 12.6. The van der Waals surface area contributed by atoms with Gasteiger partial charge in [0.2, 0.25) is 0 Å². The van der Waals surface area contributed by atoms with Gasteiger partial charge in [-0.25, -0.2) is 0 Å². The third-order valence-electron chi connectivity index (χ3n) is 2.15. The van der Waals surface area contributed by atoms with Crippen LogP contribution in [0, 0.1) is 0 Å². The van der Waals surface area contributed by atoms with E-state index in [4.69, 9.17) is 16.2 Å². The summed E-state index contributed by atoms with van der Waals surface area (Å²) in [5.74, 6) is 1.29. The van der Waals surface area contributed by atoms with E-state index in [-0.39, 0.29) is 0 Å². The quantitative estimate of drug-likeness (QED) is 0.551. The van der Waals surface area contributed by atoms with E-state index in [1.54, 1.807) is 24.3 Å². The molecule has 0 aliphatic heterocycles. The number of hydrogen-bond donors (Lipinski definition) is 3. The molecule has 0 bridgehead atoms. The number of nitrogen functional groups attached to an aromatic ring is 2. The molecule has 2 rings (SSSR count). The van der Waals surface area contributed by atoms with E-state index in [9.17, 15) is 0 Å². The van der Waals surface area contributed by atoms with Crippen molar-refractivity contribution < 1.29 is 4.74 Å². The second-order valence-corrected chi connectivity index (χ2v) is 3.84. The summed E-state index contributed by atoms with van der Waals surface area (Å²) >= 11 is 4.22. The largest absolute Gasteiger partial charge is 0.455 e. The molecule has 0 saturated carbocycles. The Morgan fingerprint density at radius 1 is 0.938 bits per heavy atom. The molecule has 0 aromatic heterocycles. The van der Waals surface area contributed by atoms with Crippen molar-refractivity contribution in [3.8, 4) is 11.5 Å². The predicted molar refractivity (Wildman–Crippen MR) is 69.0 cm³/mol. The second kappa shape index (κ2) is 4.37. The highest BCUT2D eigenvalue weighted by atomic mass is 32.1. The van der Waals surface area contributed by atoms with Crippen LogP contribution in [0.25, 0.3) is 0 Å². The van der Waals surface area contributed by atoms with Crippen LogP contribution in [0.1, 0.15) is 0 Å². The lowest BCUT2D eigenvalue weighted by atomic mass is 10.3. The van der Waals surface area contributed by atoms with E-state index < -0.39 is 0 Å². The van der Waals surface area contributed by atoms with Gasteiger partial charge in [-0.15, -0.1) is 12.6 Å². The SMILES string of the molecule is Nc1ccc(Oc2ccccc2N)cc1S. The Bertz CT molecular complexity index is 514. The highest BCUT2D eigenvalue weighted by Crippen LogP contribution is 2.29. The number of para-hydroxylation sites is 2. The molecular weight excluding hydrogens is 220 g/mol. The number of nitrogens with two attached hydrogens (primary N) is 2. The molecule has 82 valence electrons. The van der Waals surface area contributed by atoms with E-state index in [1.807, 2.05) is 18.2 Å². The molecule has 3 nitrogen and oxygen atoms in total. The van der Waals surface area contributed by atoms with Crippen molar-refractivity contribution in [2.24, 2.45) is 0 Å². The molecule has 2 aromatic rings. The number of rotatable bonds is 2. The summed E-state index contributed by atoms with van der Waals surface area (Å²) < 4.78 is 5.62. The lowest BCUT2D eigenvalue weighted by molar-refractivity contribution is 0.484. The van der Waals surface area contributed by atoms with E-state index in [1.165, 1.54) is 0 Å². The molecule has 0 saturated heterocycles. The molecule has 4 N–H and O–H groups in total. The van der Waals surface area contributed by atoms with Crippen LogP contribution in [0.3, 0.4) is 0 Å². The van der Waals surface area contributed by atoms with Gasteiger partial charge in [-0.2, -0.15) is 0 Å². The van der Waals surface area contributed by atoms with Crippen molar-refractivity contribution >= 4 is 24.0 Å². The standard InChI is InChI=1S/C12H12N2OS/c13-9-3-1-2-4-11(9)15-8-5-6-10(14)12(16)7-8/h1-7,16H,13-14H2. The Hall–Kier alpha value is -1.81. The zero-order chi connectivity index (χ0) is 11.5. The van der Waals surface area contributed by atoms with Gasteiger partial charge in [0.05, 0.1) is 5.69 Å². The second-order valence-electron chi connectivity index (χ2n) is 3.36. The van der Waals surface area contributed by atoms with Crippen LogP contribution in [0.2, 0.25) is 0 Å². The Kier molecular flexibility index (Phi) is 2.92. The summed E-state index contributed by atoms with van der Waals surface area (Å²) in [6.07, 6.45) is 0. The minimum absolute atomic E-state index is 0.597. The van der Waals surface area contributed by atoms with Crippen LogP contribution >= 0.6 is 12.6 Å². The monoisotopic (exact) mass is 232 g/mol. The number of thiol groups is 1. The average molecular weight is 232 g/mol. The zero-order valence-corrected chi connectivity index (χ0v) is 9.45. The Balaban J connectivity index is 2.28. The zero-order valence-electron chi connectivity index (χ0n) is 8.55. The highest BCUT2D eigenvalue weighted by molar-refractivity contribution is 7.80. The minimum Gasteiger partial charge on any atom is -0.455 e. The van der Waals surface area contributed by atoms with Gasteiger partial charge < -0.3 is 16.2 Å². The number of benzene rings is 2. The first-order valence-corrected chi connectivity index (χ1v) is 5.22.